The lowest BCUT2D eigenvalue weighted by molar-refractivity contribution is 0.0974. The monoisotopic (exact) mass is 402 g/mol. The van der Waals surface area contributed by atoms with Crippen molar-refractivity contribution in [1.29, 1.82) is 0 Å². The SMILES string of the molecule is COc1cc(-c2nc3ccccc3n2CC(=O)c2ccccc2)cc(OC)c1OC. The third kappa shape index (κ3) is 3.48. The van der Waals surface area contributed by atoms with E-state index in [1.165, 1.54) is 0 Å². The summed E-state index contributed by atoms with van der Waals surface area (Å²) in [6.07, 6.45) is 0. The number of rotatable bonds is 7. The van der Waals surface area contributed by atoms with Crippen LogP contribution in [0, 0.1) is 0 Å². The third-order valence-corrected chi connectivity index (χ3v) is 4.97. The topological polar surface area (TPSA) is 62.6 Å². The minimum Gasteiger partial charge on any atom is -0.493 e. The molecular formula is C24H22N2O4. The second-order valence-electron chi connectivity index (χ2n) is 6.71. The Balaban J connectivity index is 1.88. The molecule has 0 unspecified atom stereocenters. The zero-order chi connectivity index (χ0) is 21.1. The quantitative estimate of drug-likeness (QED) is 0.423. The number of ketones is 1. The highest BCUT2D eigenvalue weighted by Crippen LogP contribution is 2.41. The van der Waals surface area contributed by atoms with Crippen molar-refractivity contribution in [2.75, 3.05) is 21.3 Å². The second kappa shape index (κ2) is 8.29. The molecule has 0 saturated heterocycles. The van der Waals surface area contributed by atoms with Crippen molar-refractivity contribution in [2.45, 2.75) is 6.54 Å². The number of benzene rings is 3. The number of fused-ring (bicyclic) bond motifs is 1. The number of imidazole rings is 1. The maximum absolute atomic E-state index is 13.0. The standard InChI is InChI=1S/C24H22N2O4/c1-28-21-13-17(14-22(29-2)23(21)30-3)24-25-18-11-7-8-12-19(18)26(24)15-20(27)16-9-5-4-6-10-16/h4-14H,15H2,1-3H3. The summed E-state index contributed by atoms with van der Waals surface area (Å²) < 4.78 is 18.3. The highest BCUT2D eigenvalue weighted by atomic mass is 16.5. The Kier molecular flexibility index (Phi) is 5.39. The van der Waals surface area contributed by atoms with Gasteiger partial charge in [0.2, 0.25) is 5.75 Å². The van der Waals surface area contributed by atoms with E-state index in [0.717, 1.165) is 16.6 Å². The van der Waals surface area contributed by atoms with Crippen LogP contribution in [0.3, 0.4) is 0 Å². The first-order valence-corrected chi connectivity index (χ1v) is 9.50. The summed E-state index contributed by atoms with van der Waals surface area (Å²) in [7, 11) is 4.71. The zero-order valence-corrected chi connectivity index (χ0v) is 17.1. The van der Waals surface area contributed by atoms with E-state index in [-0.39, 0.29) is 12.3 Å². The maximum atomic E-state index is 13.0. The van der Waals surface area contributed by atoms with Gasteiger partial charge in [0.15, 0.2) is 17.3 Å². The van der Waals surface area contributed by atoms with E-state index in [0.29, 0.717) is 28.6 Å². The first-order chi connectivity index (χ1) is 14.7. The predicted octanol–water partition coefficient (Wildman–Crippen LogP) is 4.61. The molecule has 6 nitrogen and oxygen atoms in total. The van der Waals surface area contributed by atoms with E-state index in [1.54, 1.807) is 21.3 Å². The molecular weight excluding hydrogens is 380 g/mol. The Morgan fingerprint density at radius 3 is 2.13 bits per heavy atom. The van der Waals surface area contributed by atoms with Gasteiger partial charge in [0.05, 0.1) is 38.9 Å². The molecule has 0 saturated carbocycles. The van der Waals surface area contributed by atoms with Gasteiger partial charge in [-0.25, -0.2) is 4.98 Å². The number of hydrogen-bond donors (Lipinski definition) is 0. The van der Waals surface area contributed by atoms with Gasteiger partial charge in [-0.2, -0.15) is 0 Å². The van der Waals surface area contributed by atoms with Gasteiger partial charge in [0.25, 0.3) is 0 Å². The number of methoxy groups -OCH3 is 3. The molecule has 0 atom stereocenters. The van der Waals surface area contributed by atoms with Crippen LogP contribution in [0.4, 0.5) is 0 Å². The van der Waals surface area contributed by atoms with Crippen molar-refractivity contribution in [3.63, 3.8) is 0 Å². The molecule has 1 aromatic heterocycles. The van der Waals surface area contributed by atoms with Crippen molar-refractivity contribution in [2.24, 2.45) is 0 Å². The molecule has 4 aromatic rings. The van der Waals surface area contributed by atoms with Gasteiger partial charge in [-0.1, -0.05) is 42.5 Å². The molecule has 0 radical (unpaired) electrons. The highest BCUT2D eigenvalue weighted by molar-refractivity contribution is 5.97. The molecule has 30 heavy (non-hydrogen) atoms. The second-order valence-corrected chi connectivity index (χ2v) is 6.71. The number of ether oxygens (including phenoxy) is 3. The molecule has 6 heteroatoms. The van der Waals surface area contributed by atoms with Crippen LogP contribution in [0.2, 0.25) is 0 Å². The van der Waals surface area contributed by atoms with Crippen LogP contribution in [-0.2, 0) is 6.54 Å². The Morgan fingerprint density at radius 1 is 0.867 bits per heavy atom. The Morgan fingerprint density at radius 2 is 1.50 bits per heavy atom. The minimum absolute atomic E-state index is 0.00689. The summed E-state index contributed by atoms with van der Waals surface area (Å²) in [6.45, 7) is 0.163. The van der Waals surface area contributed by atoms with Crippen molar-refractivity contribution in [3.8, 4) is 28.6 Å². The molecule has 0 aliphatic heterocycles. The molecule has 0 spiro atoms. The number of carbonyl (C=O) groups excluding carboxylic acids is 1. The van der Waals surface area contributed by atoms with Crippen LogP contribution in [0.5, 0.6) is 17.2 Å². The fourth-order valence-electron chi connectivity index (χ4n) is 3.53. The van der Waals surface area contributed by atoms with E-state index < -0.39 is 0 Å². The lowest BCUT2D eigenvalue weighted by atomic mass is 10.1. The van der Waals surface area contributed by atoms with E-state index in [2.05, 4.69) is 0 Å². The van der Waals surface area contributed by atoms with Crippen LogP contribution in [0.1, 0.15) is 10.4 Å². The van der Waals surface area contributed by atoms with Crippen LogP contribution in [0.25, 0.3) is 22.4 Å². The average molecular weight is 402 g/mol. The summed E-state index contributed by atoms with van der Waals surface area (Å²) in [4.78, 5) is 17.8. The first kappa shape index (κ1) is 19.5. The number of para-hydroxylation sites is 2. The van der Waals surface area contributed by atoms with E-state index >= 15 is 0 Å². The lowest BCUT2D eigenvalue weighted by Crippen LogP contribution is -2.11. The number of nitrogens with zero attached hydrogens (tertiary/aromatic N) is 2. The van der Waals surface area contributed by atoms with Crippen LogP contribution in [-0.4, -0.2) is 36.7 Å². The highest BCUT2D eigenvalue weighted by Gasteiger charge is 2.20. The van der Waals surface area contributed by atoms with Crippen LogP contribution in [0.15, 0.2) is 66.7 Å². The molecule has 0 bridgehead atoms. The smallest absolute Gasteiger partial charge is 0.203 e. The Bertz CT molecular complexity index is 1170. The number of aromatic nitrogens is 2. The van der Waals surface area contributed by atoms with Gasteiger partial charge >= 0.3 is 0 Å². The largest absolute Gasteiger partial charge is 0.493 e. The summed E-state index contributed by atoms with van der Waals surface area (Å²) >= 11 is 0. The maximum Gasteiger partial charge on any atom is 0.203 e. The van der Waals surface area contributed by atoms with E-state index in [4.69, 9.17) is 19.2 Å². The molecule has 0 aliphatic rings. The molecule has 3 aromatic carbocycles. The van der Waals surface area contributed by atoms with Gasteiger partial charge < -0.3 is 18.8 Å². The van der Waals surface area contributed by atoms with E-state index in [9.17, 15) is 4.79 Å². The summed E-state index contributed by atoms with van der Waals surface area (Å²) in [5.74, 6) is 2.22. The normalized spacial score (nSPS) is 10.8. The van der Waals surface area contributed by atoms with Crippen LogP contribution >= 0.6 is 0 Å². The van der Waals surface area contributed by atoms with Crippen molar-refractivity contribution >= 4 is 16.8 Å². The number of Topliss-reactive ketones (excluding diaryl/α,β-unsaturated/α-hetero) is 1. The third-order valence-electron chi connectivity index (χ3n) is 4.97. The van der Waals surface area contributed by atoms with Gasteiger partial charge in [-0.3, -0.25) is 4.79 Å². The fourth-order valence-corrected chi connectivity index (χ4v) is 3.53. The molecule has 4 rings (SSSR count). The molecule has 0 amide bonds. The van der Waals surface area contributed by atoms with Crippen molar-refractivity contribution in [1.82, 2.24) is 9.55 Å². The van der Waals surface area contributed by atoms with Crippen LogP contribution < -0.4 is 14.2 Å². The molecule has 152 valence electrons. The summed E-state index contributed by atoms with van der Waals surface area (Å²) in [5, 5.41) is 0. The minimum atomic E-state index is 0.00689. The van der Waals surface area contributed by atoms with Crippen molar-refractivity contribution < 1.29 is 19.0 Å². The zero-order valence-electron chi connectivity index (χ0n) is 17.1. The molecule has 0 fully saturated rings. The summed E-state index contributed by atoms with van der Waals surface area (Å²) in [5.41, 5.74) is 3.11. The summed E-state index contributed by atoms with van der Waals surface area (Å²) in [6, 6.07) is 20.7. The first-order valence-electron chi connectivity index (χ1n) is 9.50. The van der Waals surface area contributed by atoms with Crippen molar-refractivity contribution in [3.05, 3.63) is 72.3 Å². The average Bonchev–Trinajstić information content (AvgIpc) is 3.16. The van der Waals surface area contributed by atoms with Gasteiger partial charge in [-0.15, -0.1) is 0 Å². The van der Waals surface area contributed by atoms with Gasteiger partial charge in [-0.05, 0) is 24.3 Å². The number of carbonyl (C=O) groups is 1. The Hall–Kier alpha value is -3.80. The molecule has 0 aliphatic carbocycles. The van der Waals surface area contributed by atoms with Gasteiger partial charge in [0, 0.05) is 11.1 Å². The lowest BCUT2D eigenvalue weighted by Gasteiger charge is -2.15. The Labute approximate surface area is 174 Å². The fraction of sp³-hybridized carbons (Fsp3) is 0.167. The number of hydrogen-bond acceptors (Lipinski definition) is 5. The predicted molar refractivity (Wildman–Crippen MR) is 116 cm³/mol. The van der Waals surface area contributed by atoms with Gasteiger partial charge in [0.1, 0.15) is 5.82 Å². The van der Waals surface area contributed by atoms with E-state index in [1.807, 2.05) is 71.3 Å². The molecule has 1 heterocycles. The molecule has 0 N–H and O–H groups in total.